The van der Waals surface area contributed by atoms with Crippen LogP contribution in [-0.4, -0.2) is 72.6 Å². The summed E-state index contributed by atoms with van der Waals surface area (Å²) in [7, 11) is 0. The number of hydrogen-bond donors (Lipinski definition) is 2. The van der Waals surface area contributed by atoms with Crippen LogP contribution >= 0.6 is 0 Å². The minimum Gasteiger partial charge on any atom is -0.444 e. The van der Waals surface area contributed by atoms with Crippen molar-refractivity contribution in [2.75, 3.05) is 13.1 Å². The first-order chi connectivity index (χ1) is 19.1. The molecule has 2 N–H and O–H groups in total. The van der Waals surface area contributed by atoms with Crippen LogP contribution in [0, 0.1) is 6.92 Å². The number of aromatic nitrogens is 3. The van der Waals surface area contributed by atoms with E-state index < -0.39 is 35.4 Å². The quantitative estimate of drug-likeness (QED) is 0.446. The average Bonchev–Trinajstić information content (AvgIpc) is 3.52. The number of alkyl halides is 3. The summed E-state index contributed by atoms with van der Waals surface area (Å²) in [6.07, 6.45) is -2.15. The Morgan fingerprint density at radius 1 is 1.10 bits per heavy atom. The molecule has 2 aliphatic heterocycles. The molecule has 1 aromatic carbocycles. The van der Waals surface area contributed by atoms with E-state index in [1.165, 1.54) is 0 Å². The van der Waals surface area contributed by atoms with Gasteiger partial charge in [-0.25, -0.2) is 4.79 Å². The number of aliphatic hydroxyl groups is 1. The van der Waals surface area contributed by atoms with Crippen LogP contribution in [0.25, 0.3) is 22.3 Å². The van der Waals surface area contributed by atoms with E-state index in [4.69, 9.17) is 4.74 Å². The molecule has 0 radical (unpaired) electrons. The molecule has 3 aromatic rings. The number of carbonyl (C=O) groups is 2. The van der Waals surface area contributed by atoms with E-state index in [-0.39, 0.29) is 19.5 Å². The molecule has 0 saturated carbocycles. The van der Waals surface area contributed by atoms with Crippen LogP contribution in [0.1, 0.15) is 68.8 Å². The average molecular weight is 574 g/mol. The van der Waals surface area contributed by atoms with Crippen LogP contribution in [-0.2, 0) is 22.5 Å². The van der Waals surface area contributed by atoms with Crippen molar-refractivity contribution in [3.05, 3.63) is 46.6 Å². The van der Waals surface area contributed by atoms with Crippen LogP contribution < -0.4 is 0 Å². The minimum atomic E-state index is -5.12. The van der Waals surface area contributed by atoms with Crippen molar-refractivity contribution in [3.8, 4) is 11.3 Å². The molecule has 4 heterocycles. The Hall–Kier alpha value is -3.67. The number of benzene rings is 1. The number of nitrogens with one attached hydrogen (secondary N) is 1. The van der Waals surface area contributed by atoms with Gasteiger partial charge >= 0.3 is 12.3 Å². The van der Waals surface area contributed by atoms with E-state index in [2.05, 4.69) is 15.2 Å². The molecule has 0 aliphatic carbocycles. The molecule has 12 heteroatoms. The number of nitrogens with zero attached hydrogens (tertiary/aromatic N) is 4. The van der Waals surface area contributed by atoms with Crippen LogP contribution in [0.5, 0.6) is 0 Å². The summed E-state index contributed by atoms with van der Waals surface area (Å²) in [4.78, 5) is 31.9. The molecule has 2 atom stereocenters. The Morgan fingerprint density at radius 2 is 1.83 bits per heavy atom. The fourth-order valence-electron chi connectivity index (χ4n) is 5.57. The van der Waals surface area contributed by atoms with Crippen molar-refractivity contribution in [1.29, 1.82) is 0 Å². The van der Waals surface area contributed by atoms with Crippen molar-refractivity contribution in [2.45, 2.75) is 83.8 Å². The number of likely N-dealkylation sites (tertiary alicyclic amines) is 1. The lowest BCUT2D eigenvalue weighted by Gasteiger charge is -2.37. The van der Waals surface area contributed by atoms with E-state index in [1.807, 2.05) is 31.3 Å². The first-order valence-electron chi connectivity index (χ1n) is 13.6. The van der Waals surface area contributed by atoms with Gasteiger partial charge in [-0.2, -0.15) is 13.2 Å². The molecule has 2 aliphatic rings. The Bertz CT molecular complexity index is 1510. The second kappa shape index (κ2) is 10.0. The zero-order valence-electron chi connectivity index (χ0n) is 23.7. The molecular weight excluding hydrogens is 539 g/mol. The largest absolute Gasteiger partial charge is 0.444 e. The number of hydrogen-bond acceptors (Lipinski definition) is 6. The first-order valence-corrected chi connectivity index (χ1v) is 13.6. The summed E-state index contributed by atoms with van der Waals surface area (Å²) < 4.78 is 46.2. The second-order valence-corrected chi connectivity index (χ2v) is 12.0. The third-order valence-corrected chi connectivity index (χ3v) is 7.81. The molecule has 2 amide bonds. The van der Waals surface area contributed by atoms with E-state index in [0.29, 0.717) is 43.2 Å². The highest BCUT2D eigenvalue weighted by Crippen LogP contribution is 2.41. The minimum absolute atomic E-state index is 0.00301. The highest BCUT2D eigenvalue weighted by molar-refractivity contribution is 5.86. The third kappa shape index (κ3) is 5.37. The van der Waals surface area contributed by atoms with E-state index in [0.717, 1.165) is 32.5 Å². The number of ether oxygens (including phenoxy) is 1. The molecule has 0 spiro atoms. The lowest BCUT2D eigenvalue weighted by Crippen LogP contribution is -2.56. The van der Waals surface area contributed by atoms with Gasteiger partial charge in [0.1, 0.15) is 5.60 Å². The smallest absolute Gasteiger partial charge is 0.426 e. The number of halogens is 3. The number of aromatic amines is 1. The highest BCUT2D eigenvalue weighted by atomic mass is 19.4. The molecular formula is C29H34F3N5O4. The van der Waals surface area contributed by atoms with Crippen LogP contribution in [0.4, 0.5) is 18.0 Å². The summed E-state index contributed by atoms with van der Waals surface area (Å²) in [6, 6.07) is 5.33. The van der Waals surface area contributed by atoms with E-state index in [1.54, 1.807) is 25.7 Å². The molecule has 1 unspecified atom stereocenters. The number of carbonyl (C=O) groups excluding carboxylic acids is 2. The van der Waals surface area contributed by atoms with E-state index >= 15 is 0 Å². The molecule has 2 aromatic heterocycles. The molecule has 1 fully saturated rings. The van der Waals surface area contributed by atoms with Gasteiger partial charge in [-0.15, -0.1) is 10.2 Å². The van der Waals surface area contributed by atoms with Gasteiger partial charge in [0.05, 0.1) is 11.7 Å². The second-order valence-electron chi connectivity index (χ2n) is 12.0. The lowest BCUT2D eigenvalue weighted by atomic mass is 9.87. The van der Waals surface area contributed by atoms with Crippen LogP contribution in [0.3, 0.4) is 0 Å². The van der Waals surface area contributed by atoms with Crippen molar-refractivity contribution in [2.24, 2.45) is 0 Å². The lowest BCUT2D eigenvalue weighted by molar-refractivity contribution is -0.250. The maximum absolute atomic E-state index is 13.5. The number of H-pyrrole nitrogens is 1. The van der Waals surface area contributed by atoms with Crippen LogP contribution in [0.15, 0.2) is 24.4 Å². The van der Waals surface area contributed by atoms with Crippen molar-refractivity contribution < 1.29 is 32.6 Å². The zero-order valence-corrected chi connectivity index (χ0v) is 23.7. The maximum atomic E-state index is 13.5. The van der Waals surface area contributed by atoms with Crippen LogP contribution in [0.2, 0.25) is 0 Å². The number of aryl methyl sites for hydroxylation is 1. The number of amides is 2. The van der Waals surface area contributed by atoms with Gasteiger partial charge in [0.25, 0.3) is 5.91 Å². The van der Waals surface area contributed by atoms with Gasteiger partial charge in [-0.3, -0.25) is 4.79 Å². The number of rotatable bonds is 3. The molecule has 1 saturated heterocycles. The monoisotopic (exact) mass is 573 g/mol. The predicted octanol–water partition coefficient (Wildman–Crippen LogP) is 5.20. The summed E-state index contributed by atoms with van der Waals surface area (Å²) in [6.45, 7) is 8.12. The zero-order chi connectivity index (χ0) is 29.9. The maximum Gasteiger partial charge on any atom is 0.426 e. The molecule has 5 rings (SSSR count). The topological polar surface area (TPSA) is 112 Å². The van der Waals surface area contributed by atoms with Gasteiger partial charge in [0.15, 0.2) is 5.65 Å². The normalized spacial score (nSPS) is 19.3. The van der Waals surface area contributed by atoms with Gasteiger partial charge in [-0.05, 0) is 94.3 Å². The van der Waals surface area contributed by atoms with E-state index in [9.17, 15) is 27.9 Å². The van der Waals surface area contributed by atoms with Gasteiger partial charge in [0.2, 0.25) is 5.60 Å². The Kier molecular flexibility index (Phi) is 7.04. The summed E-state index contributed by atoms with van der Waals surface area (Å²) >= 11 is 0. The Morgan fingerprint density at radius 3 is 2.51 bits per heavy atom. The van der Waals surface area contributed by atoms with Crippen molar-refractivity contribution >= 4 is 23.0 Å². The van der Waals surface area contributed by atoms with Crippen molar-refractivity contribution in [1.82, 2.24) is 25.0 Å². The third-order valence-electron chi connectivity index (χ3n) is 7.81. The standard InChI is InChI=1S/C29H34F3N5O4/c1-16-14-33-24-19(16)13-22(34-35-24)18-11-17-8-10-36(25(38)28(5,40)29(30,31)32)15-21(17)20(12-18)23-7-6-9-37(23)26(39)41-27(2,3)4/h11-14,23,40H,6-10,15H2,1-5H3,(H,33,35)/t23-,28?/m0/s1. The van der Waals surface area contributed by atoms with Gasteiger partial charge in [-0.1, -0.05) is 0 Å². The first kappa shape index (κ1) is 28.8. The summed E-state index contributed by atoms with van der Waals surface area (Å²) in [5.41, 5.74) is 1.04. The van der Waals surface area contributed by atoms with Gasteiger partial charge in [0, 0.05) is 36.8 Å². The Labute approximate surface area is 235 Å². The van der Waals surface area contributed by atoms with Gasteiger partial charge < -0.3 is 24.6 Å². The van der Waals surface area contributed by atoms with Crippen molar-refractivity contribution in [3.63, 3.8) is 0 Å². The fourth-order valence-corrected chi connectivity index (χ4v) is 5.57. The SMILES string of the molecule is Cc1c[nH]c2nnc(-c3cc4c(c([C@@H]5CCCN5C(=O)OC(C)(C)C)c3)CN(C(=O)C(C)(O)C(F)(F)F)CC4)cc12. The molecule has 41 heavy (non-hydrogen) atoms. The molecule has 0 bridgehead atoms. The Balaban J connectivity index is 1.59. The fraction of sp³-hybridized carbons (Fsp3) is 0.517. The molecule has 220 valence electrons. The summed E-state index contributed by atoms with van der Waals surface area (Å²) in [5, 5.41) is 19.7. The predicted molar refractivity (Wildman–Crippen MR) is 145 cm³/mol. The highest BCUT2D eigenvalue weighted by Gasteiger charge is 2.57. The molecule has 9 nitrogen and oxygen atoms in total. The summed E-state index contributed by atoms with van der Waals surface area (Å²) in [5.74, 6) is -1.40. The number of fused-ring (bicyclic) bond motifs is 2.